The van der Waals surface area contributed by atoms with Gasteiger partial charge in [0.05, 0.1) is 94.2 Å². The van der Waals surface area contributed by atoms with Crippen molar-refractivity contribution >= 4 is 73.0 Å². The van der Waals surface area contributed by atoms with Gasteiger partial charge in [0.25, 0.3) is 11.8 Å². The molecule has 22 nitrogen and oxygen atoms in total. The van der Waals surface area contributed by atoms with Crippen LogP contribution in [0, 0.1) is 28.7 Å². The molecular weight excluding hydrogens is 1060 g/mol. The molecule has 0 aliphatic carbocycles. The molecule has 2 fully saturated rings. The van der Waals surface area contributed by atoms with Crippen LogP contribution < -0.4 is 31.5 Å². The van der Waals surface area contributed by atoms with E-state index in [9.17, 15) is 33.3 Å². The van der Waals surface area contributed by atoms with Crippen molar-refractivity contribution < 1.29 is 56.5 Å². The number of rotatable bonds is 31. The van der Waals surface area contributed by atoms with Gasteiger partial charge in [0.1, 0.15) is 17.3 Å². The number of hydrogen-bond acceptors (Lipinski definition) is 18. The smallest absolute Gasteiger partial charge is 0.348 e. The molecule has 2 aliphatic heterocycles. The largest absolute Gasteiger partial charge is 0.382 e. The number of benzene rings is 4. The highest BCUT2D eigenvalue weighted by atomic mass is 32.1. The molecule has 0 spiro atoms. The number of H-pyrrole nitrogens is 1. The highest BCUT2D eigenvalue weighted by Crippen LogP contribution is 2.32. The first-order chi connectivity index (χ1) is 38.9. The molecule has 0 saturated carbocycles. The lowest BCUT2D eigenvalue weighted by molar-refractivity contribution is -0.380. The van der Waals surface area contributed by atoms with Gasteiger partial charge in [-0.3, -0.25) is 39.8 Å². The predicted octanol–water partition coefficient (Wildman–Crippen LogP) is 6.63. The molecule has 3 amide bonds. The van der Waals surface area contributed by atoms with Gasteiger partial charge >= 0.3 is 5.00 Å². The van der Waals surface area contributed by atoms with Gasteiger partial charge in [-0.2, -0.15) is 5.10 Å². The van der Waals surface area contributed by atoms with Gasteiger partial charge in [-0.05, 0) is 103 Å². The number of nitrogens with zero attached hydrogens (tertiary/aromatic N) is 5. The molecule has 0 radical (unpaired) electrons. The first-order valence-electron chi connectivity index (χ1n) is 26.6. The Bertz CT molecular complexity index is 2990. The van der Waals surface area contributed by atoms with Crippen molar-refractivity contribution in [1.29, 1.82) is 0 Å². The van der Waals surface area contributed by atoms with Crippen LogP contribution in [0.15, 0.2) is 78.9 Å². The zero-order chi connectivity index (χ0) is 56.1. The summed E-state index contributed by atoms with van der Waals surface area (Å²) in [6.07, 6.45) is 1.90. The third-order valence-electron chi connectivity index (χ3n) is 13.1. The second-order valence-corrected chi connectivity index (χ2v) is 19.9. The monoisotopic (exact) mass is 1130 g/mol. The minimum atomic E-state index is -0.641. The second-order valence-electron chi connectivity index (χ2n) is 18.9. The minimum Gasteiger partial charge on any atom is -0.382 e. The maximum atomic E-state index is 14.0. The summed E-state index contributed by atoms with van der Waals surface area (Å²) < 4.78 is 61.4. The van der Waals surface area contributed by atoms with Crippen LogP contribution in [0.5, 0.6) is 0 Å². The lowest BCUT2D eigenvalue weighted by Crippen LogP contribution is -2.49. The number of amides is 3. The summed E-state index contributed by atoms with van der Waals surface area (Å²) in [6.45, 7) is 10.5. The molecule has 6 N–H and O–H groups in total. The fourth-order valence-corrected chi connectivity index (χ4v) is 9.81. The number of halogens is 2. The Morgan fingerprint density at radius 2 is 1.39 bits per heavy atom. The molecule has 2 saturated heterocycles. The van der Waals surface area contributed by atoms with E-state index >= 15 is 0 Å². The average Bonchev–Trinajstić information content (AvgIpc) is 4.03. The van der Waals surface area contributed by atoms with Crippen LogP contribution in [0.2, 0.25) is 0 Å². The number of ether oxygens (including phenoxy) is 6. The van der Waals surface area contributed by atoms with E-state index in [1.807, 2.05) is 36.4 Å². The van der Waals surface area contributed by atoms with E-state index in [1.165, 1.54) is 19.1 Å². The molecule has 8 rings (SSSR count). The van der Waals surface area contributed by atoms with Crippen molar-refractivity contribution in [2.75, 3.05) is 151 Å². The molecule has 0 bridgehead atoms. The summed E-state index contributed by atoms with van der Waals surface area (Å²) in [6, 6.07) is 21.8. The first kappa shape index (κ1) is 58.9. The fourth-order valence-electron chi connectivity index (χ4n) is 9.03. The standard InChI is InChI=1S/C55H67F2N11O11S/c1-37-54(68(72)73)80-55(60-37)63-53(71)44-4-2-3-5-47(44)58-12-20-75-22-24-77-26-28-79-29-27-78-25-23-76-21-13-59-50(69)36-66-14-16-67(17-15-66)43-7-8-45(49(35-43)61-42-10-18-74-19-11-42)52(70)62-51-46-33-38(6-9-48(46)64-65-51)30-39-31-40(56)34-41(57)32-39/h2-9,31-35,42,58,61H,10-30,36H2,1H3,(H,59,69)(H,60,63,71)(H2,62,64,65,70). The van der Waals surface area contributed by atoms with Gasteiger partial charge in [0.15, 0.2) is 10.9 Å². The third-order valence-corrected chi connectivity index (χ3v) is 14.1. The number of piperazine rings is 1. The summed E-state index contributed by atoms with van der Waals surface area (Å²) in [5, 5.41) is 34.5. The maximum absolute atomic E-state index is 14.0. The van der Waals surface area contributed by atoms with Crippen LogP contribution in [-0.4, -0.2) is 174 Å². The highest BCUT2D eigenvalue weighted by Gasteiger charge is 2.25. The Labute approximate surface area is 465 Å². The summed E-state index contributed by atoms with van der Waals surface area (Å²) in [7, 11) is 0. The van der Waals surface area contributed by atoms with Crippen LogP contribution in [0.3, 0.4) is 0 Å². The summed E-state index contributed by atoms with van der Waals surface area (Å²) in [4.78, 5) is 58.7. The van der Waals surface area contributed by atoms with E-state index in [2.05, 4.69) is 51.6 Å². The number of carbonyl (C=O) groups is 3. The van der Waals surface area contributed by atoms with Crippen molar-refractivity contribution in [3.8, 4) is 0 Å². The Hall–Kier alpha value is -7.23. The number of hydrogen-bond donors (Lipinski definition) is 6. The number of aromatic amines is 1. The average molecular weight is 1130 g/mol. The Morgan fingerprint density at radius 1 is 0.750 bits per heavy atom. The van der Waals surface area contributed by atoms with Crippen molar-refractivity contribution in [3.05, 3.63) is 129 Å². The minimum absolute atomic E-state index is 0.0774. The zero-order valence-corrected chi connectivity index (χ0v) is 45.3. The van der Waals surface area contributed by atoms with E-state index < -0.39 is 22.5 Å². The fraction of sp³-hybridized carbons (Fsp3) is 0.436. The van der Waals surface area contributed by atoms with Gasteiger partial charge < -0.3 is 54.6 Å². The molecule has 2 aliphatic rings. The Balaban J connectivity index is 0.646. The Kier molecular flexibility index (Phi) is 22.4. The number of anilines is 5. The topological polar surface area (TPSA) is 258 Å². The highest BCUT2D eigenvalue weighted by molar-refractivity contribution is 7.19. The van der Waals surface area contributed by atoms with Crippen LogP contribution in [0.1, 0.15) is 50.4 Å². The van der Waals surface area contributed by atoms with Gasteiger partial charge in [-0.15, -0.1) is 0 Å². The number of fused-ring (bicyclic) bond motifs is 1. The number of para-hydroxylation sites is 1. The van der Waals surface area contributed by atoms with E-state index in [1.54, 1.807) is 24.3 Å². The van der Waals surface area contributed by atoms with Crippen LogP contribution in [-0.2, 0) is 39.6 Å². The van der Waals surface area contributed by atoms with E-state index in [0.29, 0.717) is 170 Å². The lowest BCUT2D eigenvalue weighted by Gasteiger charge is -2.36. The summed E-state index contributed by atoms with van der Waals surface area (Å²) in [5.41, 5.74) is 5.31. The SMILES string of the molecule is Cc1nc(NC(=O)c2ccccc2NCCOCCOCCOCCOCCOCCNC(=O)CN2CCN(c3ccc(C(=O)Nc4n[nH]c5ccc(Cc6cc(F)cc(F)c6)cc45)c(NC4CCOCC4)c3)CC2)sc1[N+](=O)[O-]. The van der Waals surface area contributed by atoms with E-state index in [0.717, 1.165) is 41.5 Å². The number of nitrogens with one attached hydrogen (secondary N) is 6. The predicted molar refractivity (Wildman–Crippen MR) is 299 cm³/mol. The zero-order valence-electron chi connectivity index (χ0n) is 44.5. The molecule has 4 aromatic carbocycles. The molecule has 25 heteroatoms. The number of nitro groups is 1. The van der Waals surface area contributed by atoms with Crippen LogP contribution >= 0.6 is 11.3 Å². The molecule has 0 atom stereocenters. The summed E-state index contributed by atoms with van der Waals surface area (Å²) >= 11 is 0.808. The normalized spacial score (nSPS) is 14.1. The number of aryl methyl sites for hydroxylation is 1. The van der Waals surface area contributed by atoms with E-state index in [4.69, 9.17) is 28.4 Å². The number of thiazole rings is 1. The second kappa shape index (κ2) is 30.4. The molecule has 80 heavy (non-hydrogen) atoms. The Morgan fingerprint density at radius 3 is 2.06 bits per heavy atom. The first-order valence-corrected chi connectivity index (χ1v) is 27.4. The third kappa shape index (κ3) is 17.9. The summed E-state index contributed by atoms with van der Waals surface area (Å²) in [5.74, 6) is -1.79. The van der Waals surface area contributed by atoms with Gasteiger partial charge in [-0.1, -0.05) is 18.2 Å². The quantitative estimate of drug-likeness (QED) is 0.0152. The maximum Gasteiger partial charge on any atom is 0.348 e. The van der Waals surface area contributed by atoms with Gasteiger partial charge in [0, 0.05) is 87.0 Å². The molecule has 428 valence electrons. The van der Waals surface area contributed by atoms with Crippen LogP contribution in [0.4, 0.5) is 41.8 Å². The molecule has 2 aromatic heterocycles. The van der Waals surface area contributed by atoms with E-state index in [-0.39, 0.29) is 40.2 Å². The molecule has 0 unspecified atom stereocenters. The molecule has 6 aromatic rings. The van der Waals surface area contributed by atoms with Crippen molar-refractivity contribution in [2.45, 2.75) is 32.2 Å². The number of carbonyl (C=O) groups excluding carboxylic acids is 3. The lowest BCUT2D eigenvalue weighted by atomic mass is 10.0. The van der Waals surface area contributed by atoms with Crippen molar-refractivity contribution in [3.63, 3.8) is 0 Å². The number of aromatic nitrogens is 3. The van der Waals surface area contributed by atoms with Gasteiger partial charge in [-0.25, -0.2) is 13.8 Å². The van der Waals surface area contributed by atoms with Gasteiger partial charge in [0.2, 0.25) is 5.91 Å². The van der Waals surface area contributed by atoms with Crippen molar-refractivity contribution in [2.24, 2.45) is 0 Å². The molecule has 4 heterocycles. The van der Waals surface area contributed by atoms with Crippen molar-refractivity contribution in [1.82, 2.24) is 25.4 Å². The van der Waals surface area contributed by atoms with Crippen LogP contribution in [0.25, 0.3) is 10.9 Å². The molecular formula is C55H67F2N11O11S.